The molecule has 4 atom stereocenters. The largest absolute Gasteiger partial charge is 0.444 e. The molecule has 0 aliphatic carbocycles. The molecule has 266 valence electrons. The van der Waals surface area contributed by atoms with E-state index in [-0.39, 0.29) is 36.2 Å². The minimum Gasteiger partial charge on any atom is -0.444 e. The molecule has 0 saturated carbocycles. The van der Waals surface area contributed by atoms with Crippen LogP contribution in [0.25, 0.3) is 0 Å². The third-order valence-corrected chi connectivity index (χ3v) is 9.22. The van der Waals surface area contributed by atoms with E-state index < -0.39 is 58.3 Å². The third-order valence-electron chi connectivity index (χ3n) is 7.38. The molecule has 0 aliphatic rings. The molecule has 0 unspecified atom stereocenters. The van der Waals surface area contributed by atoms with Crippen LogP contribution in [0.5, 0.6) is 0 Å². The van der Waals surface area contributed by atoms with Gasteiger partial charge in [0.15, 0.2) is 0 Å². The molecule has 2 aromatic rings. The van der Waals surface area contributed by atoms with Crippen LogP contribution < -0.4 is 16.0 Å². The van der Waals surface area contributed by atoms with Gasteiger partial charge in [0.05, 0.1) is 23.3 Å². The first-order valence-electron chi connectivity index (χ1n) is 16.0. The van der Waals surface area contributed by atoms with E-state index in [4.69, 9.17) is 9.94 Å². The number of carbonyl (C=O) groups is 3. The fraction of sp³-hybridized carbons (Fsp3) is 0.529. The Labute approximate surface area is 284 Å². The Bertz CT molecular complexity index is 1460. The van der Waals surface area contributed by atoms with Gasteiger partial charge in [-0.2, -0.15) is 4.31 Å². The molecule has 0 saturated heterocycles. The Kier molecular flexibility index (Phi) is 15.5. The summed E-state index contributed by atoms with van der Waals surface area (Å²) >= 11 is 0. The smallest absolute Gasteiger partial charge is 0.408 e. The first-order chi connectivity index (χ1) is 22.5. The maximum atomic E-state index is 13.8. The maximum Gasteiger partial charge on any atom is 0.408 e. The molecule has 3 amide bonds. The second kappa shape index (κ2) is 18.5. The summed E-state index contributed by atoms with van der Waals surface area (Å²) in [4.78, 5) is 38.6. The second-order valence-corrected chi connectivity index (χ2v) is 15.1. The number of hydrogen-bond donors (Lipinski definition) is 5. The molecule has 0 aromatic heterocycles. The van der Waals surface area contributed by atoms with Crippen molar-refractivity contribution in [2.45, 2.75) is 90.0 Å². The molecule has 0 heterocycles. The first-order valence-corrected chi connectivity index (χ1v) is 17.5. The summed E-state index contributed by atoms with van der Waals surface area (Å²) in [6.07, 6.45) is -0.225. The lowest BCUT2D eigenvalue weighted by Gasteiger charge is -2.32. The second-order valence-electron chi connectivity index (χ2n) is 13.2. The van der Waals surface area contributed by atoms with Gasteiger partial charge in [-0.25, -0.2) is 13.2 Å². The molecule has 0 radical (unpaired) electrons. The Morgan fingerprint density at radius 3 is 2.15 bits per heavy atom. The van der Waals surface area contributed by atoms with Crippen molar-refractivity contribution in [1.82, 2.24) is 20.3 Å². The fourth-order valence-corrected chi connectivity index (χ4v) is 6.39. The number of benzene rings is 2. The highest BCUT2D eigenvalue weighted by Crippen LogP contribution is 2.20. The van der Waals surface area contributed by atoms with Crippen LogP contribution in [-0.2, 0) is 30.8 Å². The minimum absolute atomic E-state index is 0.00590. The van der Waals surface area contributed by atoms with Crippen LogP contribution in [0.2, 0.25) is 0 Å². The Hall–Kier alpha value is -4.01. The van der Waals surface area contributed by atoms with Crippen molar-refractivity contribution in [1.29, 1.82) is 0 Å². The molecular weight excluding hydrogens is 638 g/mol. The van der Waals surface area contributed by atoms with E-state index in [9.17, 15) is 27.9 Å². The zero-order valence-electron chi connectivity index (χ0n) is 28.8. The highest BCUT2D eigenvalue weighted by molar-refractivity contribution is 7.89. The quantitative estimate of drug-likeness (QED) is 0.0951. The molecule has 5 N–H and O–H groups in total. The van der Waals surface area contributed by atoms with Gasteiger partial charge >= 0.3 is 6.09 Å². The molecule has 0 bridgehead atoms. The van der Waals surface area contributed by atoms with Crippen molar-refractivity contribution in [3.63, 3.8) is 0 Å². The molecule has 2 aromatic carbocycles. The van der Waals surface area contributed by atoms with E-state index in [0.29, 0.717) is 12.0 Å². The van der Waals surface area contributed by atoms with Crippen LogP contribution in [0.4, 0.5) is 4.79 Å². The maximum absolute atomic E-state index is 13.8. The molecule has 2 rings (SSSR count). The molecule has 14 heteroatoms. The highest BCUT2D eigenvalue weighted by atomic mass is 32.2. The average Bonchev–Trinajstić information content (AvgIpc) is 3.01. The predicted molar refractivity (Wildman–Crippen MR) is 183 cm³/mol. The number of aliphatic hydroxyl groups excluding tert-OH is 1. The summed E-state index contributed by atoms with van der Waals surface area (Å²) in [6.45, 7) is 11.8. The Morgan fingerprint density at radius 2 is 1.60 bits per heavy atom. The molecule has 48 heavy (non-hydrogen) atoms. The summed E-state index contributed by atoms with van der Waals surface area (Å²) < 4.78 is 33.9. The summed E-state index contributed by atoms with van der Waals surface area (Å²) in [5.41, 5.74) is 0.548. The van der Waals surface area contributed by atoms with Crippen molar-refractivity contribution in [2.24, 2.45) is 17.0 Å². The summed E-state index contributed by atoms with van der Waals surface area (Å²) in [7, 11) is -4.08. The number of rotatable bonds is 17. The number of hydrogen-bond acceptors (Lipinski definition) is 9. The summed E-state index contributed by atoms with van der Waals surface area (Å²) in [5.74, 6) is -1.57. The number of ether oxygens (including phenoxy) is 1. The molecule has 13 nitrogen and oxygen atoms in total. The average molecular weight is 690 g/mol. The van der Waals surface area contributed by atoms with Gasteiger partial charge in [-0.1, -0.05) is 81.7 Å². The van der Waals surface area contributed by atoms with Crippen molar-refractivity contribution in [3.05, 3.63) is 65.7 Å². The normalized spacial score (nSPS) is 14.7. The number of carbonyl (C=O) groups excluding carboxylic acids is 3. The van der Waals surface area contributed by atoms with E-state index in [1.165, 1.54) is 34.8 Å². The number of nitrogens with zero attached hydrogens (tertiary/aromatic N) is 2. The van der Waals surface area contributed by atoms with Crippen molar-refractivity contribution in [3.8, 4) is 0 Å². The Morgan fingerprint density at radius 1 is 0.979 bits per heavy atom. The van der Waals surface area contributed by atoms with Gasteiger partial charge in [-0.15, -0.1) is 0 Å². The molecule has 0 aliphatic heterocycles. The summed E-state index contributed by atoms with van der Waals surface area (Å²) in [5, 5.41) is 31.3. The van der Waals surface area contributed by atoms with Crippen LogP contribution >= 0.6 is 0 Å². The van der Waals surface area contributed by atoms with Crippen LogP contribution in [0, 0.1) is 11.8 Å². The van der Waals surface area contributed by atoms with Crippen LogP contribution in [-0.4, -0.2) is 90.6 Å². The topological polar surface area (TPSA) is 187 Å². The number of nitrogens with one attached hydrogen (secondary N) is 3. The number of oxime groups is 1. The molecule has 0 fully saturated rings. The molecule has 0 spiro atoms. The number of amides is 3. The van der Waals surface area contributed by atoms with E-state index in [1.54, 1.807) is 27.7 Å². The lowest BCUT2D eigenvalue weighted by atomic mass is 9.96. The number of sulfonamides is 1. The van der Waals surface area contributed by atoms with Crippen molar-refractivity contribution >= 4 is 34.1 Å². The van der Waals surface area contributed by atoms with Gasteiger partial charge in [0.1, 0.15) is 18.2 Å². The van der Waals surface area contributed by atoms with Crippen LogP contribution in [0.3, 0.4) is 0 Å². The lowest BCUT2D eigenvalue weighted by Crippen LogP contribution is -2.58. The summed E-state index contributed by atoms with van der Waals surface area (Å²) in [6, 6.07) is 13.0. The van der Waals surface area contributed by atoms with Crippen molar-refractivity contribution < 1.29 is 37.9 Å². The van der Waals surface area contributed by atoms with E-state index in [2.05, 4.69) is 21.1 Å². The highest BCUT2D eigenvalue weighted by Gasteiger charge is 2.34. The van der Waals surface area contributed by atoms with Gasteiger partial charge in [0.25, 0.3) is 0 Å². The van der Waals surface area contributed by atoms with Gasteiger partial charge < -0.3 is 31.0 Å². The minimum atomic E-state index is -4.08. The third kappa shape index (κ3) is 13.2. The zero-order chi connectivity index (χ0) is 36.1. The van der Waals surface area contributed by atoms with Gasteiger partial charge in [-0.05, 0) is 62.3 Å². The van der Waals surface area contributed by atoms with E-state index in [1.807, 2.05) is 51.1 Å². The van der Waals surface area contributed by atoms with Gasteiger partial charge in [0.2, 0.25) is 21.8 Å². The predicted octanol–water partition coefficient (Wildman–Crippen LogP) is 3.29. The molecular formula is C34H51N5O8S. The Balaban J connectivity index is 2.33. The first kappa shape index (κ1) is 40.2. The zero-order valence-corrected chi connectivity index (χ0v) is 29.7. The van der Waals surface area contributed by atoms with Gasteiger partial charge in [0, 0.05) is 13.1 Å². The lowest BCUT2D eigenvalue weighted by molar-refractivity contribution is -0.130. The van der Waals surface area contributed by atoms with E-state index >= 15 is 0 Å². The monoisotopic (exact) mass is 689 g/mol. The van der Waals surface area contributed by atoms with Crippen LogP contribution in [0.15, 0.2) is 64.6 Å². The van der Waals surface area contributed by atoms with Crippen molar-refractivity contribution in [2.75, 3.05) is 19.6 Å². The van der Waals surface area contributed by atoms with Crippen LogP contribution in [0.1, 0.15) is 66.0 Å². The standard InChI is InChI=1S/C34H51N5O8S/c1-8-24(4)31(38-30(41)20-35-33(43)47-34(5,6)7)32(42)37-28(18-25-12-10-9-11-13-25)29(40)22-39(21-23(2)3)48(45,46)27-16-14-26(15-17-27)19-36-44/h9-17,19,23-24,28-29,31,40,44H,8,18,20-22H2,1-7H3,(H,35,43)(H,37,42)(H,38,41)/t24-,28-,29+,31-/m0/s1. The van der Waals surface area contributed by atoms with Gasteiger partial charge in [-0.3, -0.25) is 9.59 Å². The fourth-order valence-electron chi connectivity index (χ4n) is 4.77. The van der Waals surface area contributed by atoms with E-state index in [0.717, 1.165) is 5.56 Å². The SMILES string of the molecule is CC[C@H](C)[C@H](NC(=O)CNC(=O)OC(C)(C)C)C(=O)N[C@@H](Cc1ccccc1)[C@H](O)CN(CC(C)C)S(=O)(=O)c1ccc(C=NO)cc1. The number of aliphatic hydroxyl groups is 1. The number of alkyl carbamates (subject to hydrolysis) is 1.